The van der Waals surface area contributed by atoms with Gasteiger partial charge in [-0.2, -0.15) is 11.8 Å². The van der Waals surface area contributed by atoms with Crippen LogP contribution >= 0.6 is 11.8 Å². The zero-order valence-electron chi connectivity index (χ0n) is 18.2. The van der Waals surface area contributed by atoms with Gasteiger partial charge in [-0.3, -0.25) is 9.59 Å². The first-order chi connectivity index (χ1) is 16.1. The lowest BCUT2D eigenvalue weighted by Gasteiger charge is -2.30. The minimum atomic E-state index is -0.871. The number of para-hydroxylation sites is 2. The maximum atomic E-state index is 14.2. The molecule has 0 aromatic heterocycles. The third-order valence-electron chi connectivity index (χ3n) is 5.54. The molecule has 2 amide bonds. The molecule has 5 nitrogen and oxygen atoms in total. The number of anilines is 2. The summed E-state index contributed by atoms with van der Waals surface area (Å²) in [4.78, 5) is 28.4. The van der Waals surface area contributed by atoms with Gasteiger partial charge in [0, 0.05) is 31.0 Å². The van der Waals surface area contributed by atoms with Crippen LogP contribution in [0.5, 0.6) is 0 Å². The average Bonchev–Trinajstić information content (AvgIpc) is 2.85. The Morgan fingerprint density at radius 3 is 2.33 bits per heavy atom. The molecule has 4 rings (SSSR count). The van der Waals surface area contributed by atoms with E-state index in [0.717, 1.165) is 35.8 Å². The van der Waals surface area contributed by atoms with Gasteiger partial charge in [0.1, 0.15) is 11.9 Å². The molecule has 3 aromatic rings. The highest BCUT2D eigenvalue weighted by molar-refractivity contribution is 7.99. The second-order valence-electron chi connectivity index (χ2n) is 7.80. The van der Waals surface area contributed by atoms with E-state index in [1.54, 1.807) is 6.07 Å². The second kappa shape index (κ2) is 11.0. The Morgan fingerprint density at radius 1 is 0.909 bits per heavy atom. The largest absolute Gasteiger partial charge is 0.368 e. The highest BCUT2D eigenvalue weighted by atomic mass is 32.2. The highest BCUT2D eigenvalue weighted by Crippen LogP contribution is 2.28. The molecule has 1 saturated heterocycles. The van der Waals surface area contributed by atoms with E-state index in [4.69, 9.17) is 0 Å². The zero-order chi connectivity index (χ0) is 23.0. The molecule has 1 fully saturated rings. The van der Waals surface area contributed by atoms with Gasteiger partial charge in [0.2, 0.25) is 5.91 Å². The maximum Gasteiger partial charge on any atom is 0.254 e. The van der Waals surface area contributed by atoms with Gasteiger partial charge >= 0.3 is 0 Å². The molecule has 3 aromatic carbocycles. The number of rotatable bonds is 7. The van der Waals surface area contributed by atoms with E-state index in [-0.39, 0.29) is 17.9 Å². The molecule has 170 valence electrons. The number of nitrogens with zero attached hydrogens (tertiary/aromatic N) is 1. The van der Waals surface area contributed by atoms with Crippen molar-refractivity contribution in [2.75, 3.05) is 34.8 Å². The number of amides is 2. The zero-order valence-corrected chi connectivity index (χ0v) is 19.0. The molecule has 0 aliphatic carbocycles. The van der Waals surface area contributed by atoms with E-state index in [2.05, 4.69) is 15.5 Å². The molecule has 7 heteroatoms. The number of halogens is 1. The van der Waals surface area contributed by atoms with Crippen LogP contribution in [0.1, 0.15) is 15.9 Å². The quantitative estimate of drug-likeness (QED) is 0.547. The summed E-state index contributed by atoms with van der Waals surface area (Å²) in [6.45, 7) is 1.82. The van der Waals surface area contributed by atoms with E-state index in [0.29, 0.717) is 5.69 Å². The SMILES string of the molecule is O=C(N[C@H](Cc1ccccc1)C(=O)Nc1ccccc1N1CCSCC1)c1ccccc1F. The maximum absolute atomic E-state index is 14.2. The second-order valence-corrected chi connectivity index (χ2v) is 9.03. The number of nitrogens with one attached hydrogen (secondary N) is 2. The van der Waals surface area contributed by atoms with Gasteiger partial charge in [-0.1, -0.05) is 54.6 Å². The Morgan fingerprint density at radius 2 is 1.58 bits per heavy atom. The van der Waals surface area contributed by atoms with Crippen LogP contribution in [0.2, 0.25) is 0 Å². The van der Waals surface area contributed by atoms with E-state index < -0.39 is 17.8 Å². The Bertz CT molecular complexity index is 1100. The first kappa shape index (κ1) is 22.9. The molecule has 1 heterocycles. The average molecular weight is 464 g/mol. The molecule has 0 unspecified atom stereocenters. The van der Waals surface area contributed by atoms with Crippen molar-refractivity contribution < 1.29 is 14.0 Å². The van der Waals surface area contributed by atoms with Crippen LogP contribution in [0.25, 0.3) is 0 Å². The normalized spacial score (nSPS) is 14.4. The van der Waals surface area contributed by atoms with Crippen LogP contribution in [0.15, 0.2) is 78.9 Å². The summed E-state index contributed by atoms with van der Waals surface area (Å²) in [7, 11) is 0. The summed E-state index contributed by atoms with van der Waals surface area (Å²) in [6, 6.07) is 22.0. The van der Waals surface area contributed by atoms with Gasteiger partial charge in [0.05, 0.1) is 16.9 Å². The van der Waals surface area contributed by atoms with Crippen molar-refractivity contribution in [1.29, 1.82) is 0 Å². The minimum absolute atomic E-state index is 0.0884. The molecule has 0 radical (unpaired) electrons. The van der Waals surface area contributed by atoms with Crippen LogP contribution in [0, 0.1) is 5.82 Å². The number of hydrogen-bond donors (Lipinski definition) is 2. The minimum Gasteiger partial charge on any atom is -0.368 e. The fourth-order valence-corrected chi connectivity index (χ4v) is 4.72. The molecule has 1 aliphatic rings. The monoisotopic (exact) mass is 463 g/mol. The van der Waals surface area contributed by atoms with Gasteiger partial charge in [-0.15, -0.1) is 0 Å². The summed E-state index contributed by atoms with van der Waals surface area (Å²) in [5.74, 6) is 0.491. The molecule has 1 atom stereocenters. The number of carbonyl (C=O) groups excluding carboxylic acids is 2. The fraction of sp³-hybridized carbons (Fsp3) is 0.231. The summed E-state index contributed by atoms with van der Waals surface area (Å²) >= 11 is 1.92. The molecular formula is C26H26FN3O2S. The lowest BCUT2D eigenvalue weighted by atomic mass is 10.0. The summed E-state index contributed by atoms with van der Waals surface area (Å²) in [5.41, 5.74) is 2.47. The third-order valence-corrected chi connectivity index (χ3v) is 6.48. The van der Waals surface area contributed by atoms with E-state index in [9.17, 15) is 14.0 Å². The summed E-state index contributed by atoms with van der Waals surface area (Å²) in [5, 5.41) is 5.74. The van der Waals surface area contributed by atoms with Gasteiger partial charge in [0.25, 0.3) is 5.91 Å². The predicted octanol–water partition coefficient (Wildman–Crippen LogP) is 4.36. The first-order valence-electron chi connectivity index (χ1n) is 10.9. The van der Waals surface area contributed by atoms with E-state index in [1.807, 2.05) is 66.4 Å². The van der Waals surface area contributed by atoms with E-state index in [1.165, 1.54) is 18.2 Å². The molecule has 33 heavy (non-hydrogen) atoms. The topological polar surface area (TPSA) is 61.4 Å². The summed E-state index contributed by atoms with van der Waals surface area (Å²) in [6.07, 6.45) is 0.287. The van der Waals surface area contributed by atoms with Crippen molar-refractivity contribution in [1.82, 2.24) is 5.32 Å². The number of benzene rings is 3. The highest BCUT2D eigenvalue weighted by Gasteiger charge is 2.25. The fourth-order valence-electron chi connectivity index (χ4n) is 3.82. The van der Waals surface area contributed by atoms with Gasteiger partial charge in [-0.25, -0.2) is 4.39 Å². The number of thioether (sulfide) groups is 1. The van der Waals surface area contributed by atoms with Crippen molar-refractivity contribution >= 4 is 35.0 Å². The number of carbonyl (C=O) groups is 2. The smallest absolute Gasteiger partial charge is 0.254 e. The molecule has 0 bridgehead atoms. The van der Waals surface area contributed by atoms with E-state index >= 15 is 0 Å². The van der Waals surface area contributed by atoms with Crippen molar-refractivity contribution in [3.8, 4) is 0 Å². The summed E-state index contributed by atoms with van der Waals surface area (Å²) < 4.78 is 14.2. The van der Waals surface area contributed by atoms with Crippen LogP contribution < -0.4 is 15.5 Å². The molecule has 1 aliphatic heterocycles. The van der Waals surface area contributed by atoms with Crippen molar-refractivity contribution in [2.24, 2.45) is 0 Å². The van der Waals surface area contributed by atoms with Crippen LogP contribution in [0.4, 0.5) is 15.8 Å². The third kappa shape index (κ3) is 5.93. The lowest BCUT2D eigenvalue weighted by molar-refractivity contribution is -0.118. The molecule has 0 spiro atoms. The Balaban J connectivity index is 1.56. The Hall–Kier alpha value is -3.32. The molecule has 2 N–H and O–H groups in total. The lowest BCUT2D eigenvalue weighted by Crippen LogP contribution is -2.45. The van der Waals surface area contributed by atoms with Crippen molar-refractivity contribution in [3.63, 3.8) is 0 Å². The van der Waals surface area contributed by atoms with Crippen LogP contribution in [-0.2, 0) is 11.2 Å². The van der Waals surface area contributed by atoms with Gasteiger partial charge in [-0.05, 0) is 29.8 Å². The van der Waals surface area contributed by atoms with Gasteiger partial charge in [0.15, 0.2) is 0 Å². The Labute approximate surface area is 197 Å². The number of hydrogen-bond acceptors (Lipinski definition) is 4. The van der Waals surface area contributed by atoms with Crippen molar-refractivity contribution in [2.45, 2.75) is 12.5 Å². The predicted molar refractivity (Wildman–Crippen MR) is 132 cm³/mol. The van der Waals surface area contributed by atoms with Crippen molar-refractivity contribution in [3.05, 3.63) is 95.8 Å². The molecule has 0 saturated carbocycles. The molecular weight excluding hydrogens is 437 g/mol. The Kier molecular flexibility index (Phi) is 7.62. The standard InChI is InChI=1S/C26H26FN3O2S/c27-21-11-5-4-10-20(21)25(31)29-23(18-19-8-2-1-3-9-19)26(32)28-22-12-6-7-13-24(22)30-14-16-33-17-15-30/h1-13,23H,14-18H2,(H,28,32)(H,29,31)/t23-/m1/s1. The van der Waals surface area contributed by atoms with Crippen LogP contribution in [0.3, 0.4) is 0 Å². The van der Waals surface area contributed by atoms with Crippen LogP contribution in [-0.4, -0.2) is 42.5 Å². The van der Waals surface area contributed by atoms with Gasteiger partial charge < -0.3 is 15.5 Å². The first-order valence-corrected chi connectivity index (χ1v) is 12.1.